The van der Waals surface area contributed by atoms with Gasteiger partial charge in [0.1, 0.15) is 0 Å². The van der Waals surface area contributed by atoms with Gasteiger partial charge in [0.05, 0.1) is 0 Å². The Balaban J connectivity index is 2.02. The molecule has 16 heavy (non-hydrogen) atoms. The first kappa shape index (κ1) is 14.3. The van der Waals surface area contributed by atoms with Crippen LogP contribution in [0, 0.1) is 5.92 Å². The van der Waals surface area contributed by atoms with Gasteiger partial charge in [0.15, 0.2) is 0 Å². The second kappa shape index (κ2) is 9.30. The summed E-state index contributed by atoms with van der Waals surface area (Å²) in [7, 11) is 0. The van der Waals surface area contributed by atoms with Crippen LogP contribution >= 0.6 is 11.6 Å². The maximum atomic E-state index is 6.02. The van der Waals surface area contributed by atoms with Crippen LogP contribution in [0.3, 0.4) is 0 Å². The highest BCUT2D eigenvalue weighted by Gasteiger charge is 2.23. The molecule has 1 saturated carbocycles. The van der Waals surface area contributed by atoms with Gasteiger partial charge in [0, 0.05) is 11.9 Å². The van der Waals surface area contributed by atoms with Crippen molar-refractivity contribution in [2.75, 3.05) is 12.4 Å². The van der Waals surface area contributed by atoms with Gasteiger partial charge in [-0.2, -0.15) is 0 Å². The zero-order chi connectivity index (χ0) is 11.6. The summed E-state index contributed by atoms with van der Waals surface area (Å²) < 4.78 is 0. The number of hydrogen-bond donors (Lipinski definition) is 1. The third kappa shape index (κ3) is 5.54. The van der Waals surface area contributed by atoms with E-state index >= 15 is 0 Å². The standard InChI is InChI=1S/C14H28ClN/c1-2-3-4-5-8-11-16-14-10-7-6-9-13(14)12-15/h13-14,16H,2-12H2,1H3. The highest BCUT2D eigenvalue weighted by atomic mass is 35.5. The lowest BCUT2D eigenvalue weighted by Crippen LogP contribution is -2.39. The van der Waals surface area contributed by atoms with Gasteiger partial charge in [-0.05, 0) is 31.7 Å². The van der Waals surface area contributed by atoms with Crippen molar-refractivity contribution in [2.24, 2.45) is 5.92 Å². The second-order valence-corrected chi connectivity index (χ2v) is 5.48. The van der Waals surface area contributed by atoms with E-state index in [1.165, 1.54) is 64.3 Å². The summed E-state index contributed by atoms with van der Waals surface area (Å²) in [5.74, 6) is 1.57. The zero-order valence-corrected chi connectivity index (χ0v) is 11.6. The topological polar surface area (TPSA) is 12.0 Å². The summed E-state index contributed by atoms with van der Waals surface area (Å²) in [6, 6.07) is 0.706. The van der Waals surface area contributed by atoms with Gasteiger partial charge in [-0.3, -0.25) is 0 Å². The quantitative estimate of drug-likeness (QED) is 0.495. The van der Waals surface area contributed by atoms with Crippen LogP contribution in [-0.4, -0.2) is 18.5 Å². The smallest absolute Gasteiger partial charge is 0.0266 e. The zero-order valence-electron chi connectivity index (χ0n) is 10.8. The van der Waals surface area contributed by atoms with Crippen molar-refractivity contribution >= 4 is 11.6 Å². The Morgan fingerprint density at radius 2 is 1.81 bits per heavy atom. The molecule has 96 valence electrons. The van der Waals surface area contributed by atoms with Gasteiger partial charge in [-0.1, -0.05) is 45.4 Å². The fraction of sp³-hybridized carbons (Fsp3) is 1.00. The first-order valence-electron chi connectivity index (χ1n) is 7.17. The van der Waals surface area contributed by atoms with Gasteiger partial charge in [-0.15, -0.1) is 11.6 Å². The van der Waals surface area contributed by atoms with Crippen LogP contribution < -0.4 is 5.32 Å². The molecule has 0 radical (unpaired) electrons. The fourth-order valence-electron chi connectivity index (χ4n) is 2.68. The lowest BCUT2D eigenvalue weighted by atomic mass is 9.86. The molecule has 1 aliphatic rings. The highest BCUT2D eigenvalue weighted by molar-refractivity contribution is 6.18. The van der Waals surface area contributed by atoms with Crippen molar-refractivity contribution in [1.29, 1.82) is 0 Å². The third-order valence-electron chi connectivity index (χ3n) is 3.79. The molecule has 1 N–H and O–H groups in total. The molecule has 0 aromatic heterocycles. The average molecular weight is 246 g/mol. The average Bonchev–Trinajstić information content (AvgIpc) is 2.34. The molecule has 0 aromatic rings. The first-order valence-corrected chi connectivity index (χ1v) is 7.71. The summed E-state index contributed by atoms with van der Waals surface area (Å²) >= 11 is 6.02. The summed E-state index contributed by atoms with van der Waals surface area (Å²) in [5.41, 5.74) is 0. The van der Waals surface area contributed by atoms with Crippen LogP contribution in [0.4, 0.5) is 0 Å². The van der Waals surface area contributed by atoms with Crippen molar-refractivity contribution in [1.82, 2.24) is 5.32 Å². The minimum Gasteiger partial charge on any atom is -0.314 e. The fourth-order valence-corrected chi connectivity index (χ4v) is 3.05. The highest BCUT2D eigenvalue weighted by Crippen LogP contribution is 2.25. The molecule has 2 unspecified atom stereocenters. The number of unbranched alkanes of at least 4 members (excludes halogenated alkanes) is 4. The van der Waals surface area contributed by atoms with Crippen LogP contribution in [-0.2, 0) is 0 Å². The molecule has 0 aromatic carbocycles. The maximum Gasteiger partial charge on any atom is 0.0266 e. The normalized spacial score (nSPS) is 25.9. The van der Waals surface area contributed by atoms with Crippen LogP contribution in [0.25, 0.3) is 0 Å². The Morgan fingerprint density at radius 3 is 2.56 bits per heavy atom. The van der Waals surface area contributed by atoms with Gasteiger partial charge in [0.2, 0.25) is 0 Å². The van der Waals surface area contributed by atoms with E-state index in [4.69, 9.17) is 11.6 Å². The van der Waals surface area contributed by atoms with Crippen molar-refractivity contribution in [2.45, 2.75) is 70.8 Å². The number of rotatable bonds is 8. The van der Waals surface area contributed by atoms with E-state index in [0.717, 1.165) is 11.8 Å². The molecule has 1 fully saturated rings. The summed E-state index contributed by atoms with van der Waals surface area (Å²) in [5, 5.41) is 3.72. The number of nitrogens with one attached hydrogen (secondary N) is 1. The SMILES string of the molecule is CCCCCCCNC1CCCCC1CCl. The summed E-state index contributed by atoms with van der Waals surface area (Å²) in [6.45, 7) is 3.47. The van der Waals surface area contributed by atoms with Crippen molar-refractivity contribution in [3.05, 3.63) is 0 Å². The lowest BCUT2D eigenvalue weighted by Gasteiger charge is -2.31. The Bertz CT molecular complexity index is 161. The minimum absolute atomic E-state index is 0.706. The van der Waals surface area contributed by atoms with E-state index < -0.39 is 0 Å². The Labute approximate surface area is 106 Å². The van der Waals surface area contributed by atoms with E-state index in [9.17, 15) is 0 Å². The van der Waals surface area contributed by atoms with Crippen LogP contribution in [0.1, 0.15) is 64.7 Å². The van der Waals surface area contributed by atoms with E-state index in [1.54, 1.807) is 0 Å². The Morgan fingerprint density at radius 1 is 1.06 bits per heavy atom. The van der Waals surface area contributed by atoms with E-state index in [1.807, 2.05) is 0 Å². The first-order chi connectivity index (χ1) is 7.88. The summed E-state index contributed by atoms with van der Waals surface area (Å²) in [4.78, 5) is 0. The molecular formula is C14H28ClN. The molecular weight excluding hydrogens is 218 g/mol. The molecule has 0 spiro atoms. The number of alkyl halides is 1. The van der Waals surface area contributed by atoms with E-state index in [0.29, 0.717) is 6.04 Å². The largest absolute Gasteiger partial charge is 0.314 e. The van der Waals surface area contributed by atoms with Crippen molar-refractivity contribution in [3.63, 3.8) is 0 Å². The number of hydrogen-bond acceptors (Lipinski definition) is 1. The molecule has 1 aliphatic carbocycles. The Hall–Kier alpha value is 0.250. The van der Waals surface area contributed by atoms with Crippen LogP contribution in [0.2, 0.25) is 0 Å². The molecule has 0 aliphatic heterocycles. The predicted octanol–water partition coefficient (Wildman–Crippen LogP) is 4.34. The third-order valence-corrected chi connectivity index (χ3v) is 4.19. The van der Waals surface area contributed by atoms with Gasteiger partial charge < -0.3 is 5.32 Å². The molecule has 1 rings (SSSR count). The predicted molar refractivity (Wildman–Crippen MR) is 73.2 cm³/mol. The molecule has 0 bridgehead atoms. The van der Waals surface area contributed by atoms with Gasteiger partial charge >= 0.3 is 0 Å². The molecule has 1 nitrogen and oxygen atoms in total. The number of halogens is 1. The summed E-state index contributed by atoms with van der Waals surface area (Å²) in [6.07, 6.45) is 12.3. The maximum absolute atomic E-state index is 6.02. The second-order valence-electron chi connectivity index (χ2n) is 5.17. The molecule has 0 saturated heterocycles. The van der Waals surface area contributed by atoms with Gasteiger partial charge in [-0.25, -0.2) is 0 Å². The van der Waals surface area contributed by atoms with Gasteiger partial charge in [0.25, 0.3) is 0 Å². The van der Waals surface area contributed by atoms with E-state index in [2.05, 4.69) is 12.2 Å². The van der Waals surface area contributed by atoms with E-state index in [-0.39, 0.29) is 0 Å². The minimum atomic E-state index is 0.706. The molecule has 0 heterocycles. The molecule has 2 atom stereocenters. The molecule has 0 amide bonds. The Kier molecular flexibility index (Phi) is 8.32. The van der Waals surface area contributed by atoms with Crippen molar-refractivity contribution in [3.8, 4) is 0 Å². The lowest BCUT2D eigenvalue weighted by molar-refractivity contribution is 0.282. The van der Waals surface area contributed by atoms with Crippen LogP contribution in [0.15, 0.2) is 0 Å². The van der Waals surface area contributed by atoms with Crippen molar-refractivity contribution < 1.29 is 0 Å². The molecule has 2 heteroatoms. The monoisotopic (exact) mass is 245 g/mol. The van der Waals surface area contributed by atoms with Crippen LogP contribution in [0.5, 0.6) is 0 Å².